The van der Waals surface area contributed by atoms with Gasteiger partial charge in [0, 0.05) is 10.2 Å². The Bertz CT molecular complexity index is 456. The fourth-order valence-electron chi connectivity index (χ4n) is 3.98. The van der Waals surface area contributed by atoms with Crippen LogP contribution in [0.1, 0.15) is 156 Å². The van der Waals surface area contributed by atoms with Crippen molar-refractivity contribution in [1.82, 2.24) is 0 Å². The largest absolute Gasteiger partial charge is 0.429 e. The van der Waals surface area contributed by atoms with Crippen LogP contribution < -0.4 is 0 Å². The van der Waals surface area contributed by atoms with Gasteiger partial charge in [-0.1, -0.05) is 110 Å². The van der Waals surface area contributed by atoms with E-state index in [1.165, 1.54) is 96.3 Å². The highest BCUT2D eigenvalue weighted by Crippen LogP contribution is 2.26. The van der Waals surface area contributed by atoms with E-state index in [2.05, 4.69) is 49.2 Å². The summed E-state index contributed by atoms with van der Waals surface area (Å²) in [6, 6.07) is 1.08. The molecule has 0 aromatic rings. The first-order valence-electron chi connectivity index (χ1n) is 15.4. The van der Waals surface area contributed by atoms with E-state index in [1.807, 2.05) is 0 Å². The Morgan fingerprint density at radius 3 is 1.22 bits per heavy atom. The lowest BCUT2D eigenvalue weighted by molar-refractivity contribution is -0.321. The topological polar surface area (TPSA) is 27.7 Å². The molecule has 0 heterocycles. The normalized spacial score (nSPS) is 13.7. The van der Waals surface area contributed by atoms with E-state index in [0.717, 1.165) is 38.1 Å². The zero-order chi connectivity index (χ0) is 26.4. The summed E-state index contributed by atoms with van der Waals surface area (Å²) in [7, 11) is 3.58. The Labute approximate surface area is 228 Å². The van der Waals surface area contributed by atoms with Crippen LogP contribution in [0.3, 0.4) is 0 Å². The number of unbranched alkanes of at least 4 members (excludes halogenated alkanes) is 16. The molecule has 0 saturated carbocycles. The molecule has 0 saturated heterocycles. The molecule has 0 rings (SSSR count). The summed E-state index contributed by atoms with van der Waals surface area (Å²) in [4.78, 5) is 0. The first kappa shape index (κ1) is 34.8. The average Bonchev–Trinajstić information content (AvgIpc) is 2.89. The lowest BCUT2D eigenvalue weighted by atomic mass is 10.1. The number of allylic oxidation sites excluding steroid dienone is 3. The lowest BCUT2D eigenvalue weighted by Crippen LogP contribution is -2.34. The summed E-state index contributed by atoms with van der Waals surface area (Å²) in [5, 5.41) is 0. The maximum Gasteiger partial charge on any atom is 0.415 e. The van der Waals surface area contributed by atoms with Gasteiger partial charge in [-0.15, -0.1) is 0 Å². The van der Waals surface area contributed by atoms with Gasteiger partial charge < -0.3 is 14.2 Å². The van der Waals surface area contributed by atoms with Crippen LogP contribution in [0, 0.1) is 0 Å². The molecule has 0 aliphatic carbocycles. The summed E-state index contributed by atoms with van der Waals surface area (Å²) in [6.45, 7) is 6.74. The third-order valence-corrected chi connectivity index (χ3v) is 6.72. The number of ether oxygens (including phenoxy) is 3. The second-order valence-corrected chi connectivity index (χ2v) is 10.5. The van der Waals surface area contributed by atoms with Gasteiger partial charge in [0.1, 0.15) is 0 Å². The van der Waals surface area contributed by atoms with E-state index in [1.54, 1.807) is 18.8 Å². The SMILES string of the molecule is CCCCCCC=COC(CCCCCCC[Si])(OC=CCCCCCC)OC=CCCCCCC. The molecule has 0 amide bonds. The predicted octanol–water partition coefficient (Wildman–Crippen LogP) is 11.1. The highest BCUT2D eigenvalue weighted by atomic mass is 28.1. The molecule has 0 aromatic heterocycles. The molecule has 3 radical (unpaired) electrons. The molecular formula is C32H59O3Si. The molecule has 0 bridgehead atoms. The third kappa shape index (κ3) is 23.2. The first-order valence-corrected chi connectivity index (χ1v) is 16.1. The Morgan fingerprint density at radius 2 is 0.833 bits per heavy atom. The smallest absolute Gasteiger partial charge is 0.415 e. The number of hydrogen-bond donors (Lipinski definition) is 0. The van der Waals surface area contributed by atoms with Crippen molar-refractivity contribution in [3.8, 4) is 0 Å². The standard InChI is InChI=1S/C32H59O3Si/c1-4-7-10-13-18-23-28-33-32(27-22-17-16-21-26-31-36,34-29-24-19-14-11-8-5-2)35-30-25-20-15-12-9-6-3/h23-25,28-30H,4-22,26-27,31H2,1-3H3. The van der Waals surface area contributed by atoms with E-state index in [-0.39, 0.29) is 0 Å². The van der Waals surface area contributed by atoms with Crippen LogP contribution in [-0.2, 0) is 14.2 Å². The van der Waals surface area contributed by atoms with Gasteiger partial charge >= 0.3 is 5.97 Å². The van der Waals surface area contributed by atoms with Crippen molar-refractivity contribution in [1.29, 1.82) is 0 Å². The molecule has 209 valence electrons. The summed E-state index contributed by atoms with van der Waals surface area (Å²) in [5.41, 5.74) is 0. The van der Waals surface area contributed by atoms with E-state index in [0.29, 0.717) is 6.42 Å². The molecule has 0 spiro atoms. The van der Waals surface area contributed by atoms with Gasteiger partial charge in [0.15, 0.2) is 0 Å². The fraction of sp³-hybridized carbons (Fsp3) is 0.812. The molecule has 0 unspecified atom stereocenters. The monoisotopic (exact) mass is 519 g/mol. The lowest BCUT2D eigenvalue weighted by Gasteiger charge is -2.30. The van der Waals surface area contributed by atoms with E-state index in [9.17, 15) is 0 Å². The van der Waals surface area contributed by atoms with Crippen LogP contribution in [-0.4, -0.2) is 16.2 Å². The summed E-state index contributed by atoms with van der Waals surface area (Å²) in [6.07, 6.45) is 36.6. The zero-order valence-electron chi connectivity index (χ0n) is 24.2. The van der Waals surface area contributed by atoms with Gasteiger partial charge in [-0.3, -0.25) is 0 Å². The molecular weight excluding hydrogens is 460 g/mol. The Morgan fingerprint density at radius 1 is 0.472 bits per heavy atom. The number of hydrogen-bond acceptors (Lipinski definition) is 3. The first-order chi connectivity index (χ1) is 17.7. The highest BCUT2D eigenvalue weighted by molar-refractivity contribution is 6.08. The second kappa shape index (κ2) is 28.4. The van der Waals surface area contributed by atoms with Crippen LogP contribution in [0.4, 0.5) is 0 Å². The number of rotatable bonds is 28. The van der Waals surface area contributed by atoms with E-state index < -0.39 is 5.97 Å². The van der Waals surface area contributed by atoms with Gasteiger partial charge in [-0.05, 0) is 63.2 Å². The molecule has 0 aliphatic heterocycles. The van der Waals surface area contributed by atoms with Crippen LogP contribution in [0.2, 0.25) is 6.04 Å². The maximum atomic E-state index is 6.22. The summed E-state index contributed by atoms with van der Waals surface area (Å²) < 4.78 is 18.7. The predicted molar refractivity (Wildman–Crippen MR) is 158 cm³/mol. The Kier molecular flexibility index (Phi) is 27.5. The molecule has 0 atom stereocenters. The third-order valence-electron chi connectivity index (χ3n) is 6.36. The van der Waals surface area contributed by atoms with Gasteiger partial charge in [-0.25, -0.2) is 0 Å². The van der Waals surface area contributed by atoms with Gasteiger partial charge in [-0.2, -0.15) is 0 Å². The van der Waals surface area contributed by atoms with Crippen molar-refractivity contribution in [2.75, 3.05) is 0 Å². The molecule has 36 heavy (non-hydrogen) atoms. The van der Waals surface area contributed by atoms with Gasteiger partial charge in [0.25, 0.3) is 0 Å². The van der Waals surface area contributed by atoms with E-state index in [4.69, 9.17) is 14.2 Å². The molecule has 0 fully saturated rings. The zero-order valence-corrected chi connectivity index (χ0v) is 25.2. The fourth-order valence-corrected chi connectivity index (χ4v) is 4.23. The maximum absolute atomic E-state index is 6.22. The van der Waals surface area contributed by atoms with Crippen LogP contribution >= 0.6 is 0 Å². The van der Waals surface area contributed by atoms with Crippen molar-refractivity contribution in [2.24, 2.45) is 0 Å². The molecule has 4 heteroatoms. The molecule has 3 nitrogen and oxygen atoms in total. The van der Waals surface area contributed by atoms with Crippen LogP contribution in [0.5, 0.6) is 0 Å². The van der Waals surface area contributed by atoms with Crippen molar-refractivity contribution < 1.29 is 14.2 Å². The van der Waals surface area contributed by atoms with Crippen LogP contribution in [0.25, 0.3) is 0 Å². The minimum absolute atomic E-state index is 0.710. The minimum Gasteiger partial charge on any atom is -0.429 e. The average molecular weight is 520 g/mol. The summed E-state index contributed by atoms with van der Waals surface area (Å²) in [5.74, 6) is -1.09. The van der Waals surface area contributed by atoms with Gasteiger partial charge in [0.05, 0.1) is 25.2 Å². The molecule has 0 aliphatic rings. The molecule has 0 aromatic carbocycles. The Balaban J connectivity index is 5.08. The minimum atomic E-state index is -1.09. The van der Waals surface area contributed by atoms with Crippen molar-refractivity contribution in [3.63, 3.8) is 0 Å². The molecule has 0 N–H and O–H groups in total. The van der Waals surface area contributed by atoms with Crippen LogP contribution in [0.15, 0.2) is 37.0 Å². The van der Waals surface area contributed by atoms with Crippen molar-refractivity contribution >= 4 is 10.2 Å². The second-order valence-electron chi connectivity index (χ2n) is 9.97. The highest BCUT2D eigenvalue weighted by Gasteiger charge is 2.34. The van der Waals surface area contributed by atoms with E-state index >= 15 is 0 Å². The van der Waals surface area contributed by atoms with Crippen molar-refractivity contribution in [2.45, 2.75) is 168 Å². The van der Waals surface area contributed by atoms with Gasteiger partial charge in [0.2, 0.25) is 0 Å². The van der Waals surface area contributed by atoms with Crippen molar-refractivity contribution in [3.05, 3.63) is 37.0 Å². The summed E-state index contributed by atoms with van der Waals surface area (Å²) >= 11 is 0. The Hall–Kier alpha value is -1.16. The quantitative estimate of drug-likeness (QED) is 0.0445.